The molecule has 0 saturated carbocycles. The van der Waals surface area contributed by atoms with Crippen molar-refractivity contribution in [3.05, 3.63) is 29.3 Å². The summed E-state index contributed by atoms with van der Waals surface area (Å²) in [7, 11) is 0. The minimum absolute atomic E-state index is 0.257. The lowest BCUT2D eigenvalue weighted by atomic mass is 10.1. The first kappa shape index (κ1) is 13.4. The first-order valence-electron chi connectivity index (χ1n) is 6.78. The highest BCUT2D eigenvalue weighted by Crippen LogP contribution is 2.19. The number of hydrogen-bond donors (Lipinski definition) is 2. The Hall–Kier alpha value is -1.06. The van der Waals surface area contributed by atoms with Crippen molar-refractivity contribution in [3.8, 4) is 5.75 Å². The molecule has 0 aliphatic carbocycles. The van der Waals surface area contributed by atoms with Gasteiger partial charge in [0.15, 0.2) is 0 Å². The molecule has 0 radical (unpaired) electrons. The van der Waals surface area contributed by atoms with E-state index in [-0.39, 0.29) is 12.1 Å². The first-order valence-corrected chi connectivity index (χ1v) is 6.78. The lowest BCUT2D eigenvalue weighted by Crippen LogP contribution is -2.35. The van der Waals surface area contributed by atoms with Crippen LogP contribution >= 0.6 is 0 Å². The van der Waals surface area contributed by atoms with Crippen LogP contribution in [0.2, 0.25) is 0 Å². The molecule has 1 heterocycles. The van der Waals surface area contributed by atoms with Gasteiger partial charge in [-0.1, -0.05) is 17.7 Å². The molecule has 0 amide bonds. The van der Waals surface area contributed by atoms with E-state index in [9.17, 15) is 5.11 Å². The molecule has 1 aromatic carbocycles. The molecule has 100 valence electrons. The quantitative estimate of drug-likeness (QED) is 0.840. The number of aliphatic hydroxyl groups excluding tert-OH is 1. The molecule has 2 atom stereocenters. The van der Waals surface area contributed by atoms with Gasteiger partial charge in [-0.2, -0.15) is 0 Å². The van der Waals surface area contributed by atoms with Crippen LogP contribution in [-0.2, 0) is 0 Å². The Morgan fingerprint density at radius 2 is 2.28 bits per heavy atom. The van der Waals surface area contributed by atoms with Gasteiger partial charge in [-0.25, -0.2) is 0 Å². The molecule has 1 aliphatic rings. The highest BCUT2D eigenvalue weighted by atomic mass is 16.5. The molecular weight excluding hydrogens is 226 g/mol. The molecule has 1 aliphatic heterocycles. The Balaban J connectivity index is 1.77. The fraction of sp³-hybridized carbons (Fsp3) is 0.600. The topological polar surface area (TPSA) is 41.5 Å². The van der Waals surface area contributed by atoms with Crippen molar-refractivity contribution in [2.24, 2.45) is 0 Å². The summed E-state index contributed by atoms with van der Waals surface area (Å²) >= 11 is 0. The summed E-state index contributed by atoms with van der Waals surface area (Å²) in [5.74, 6) is 0.923. The minimum atomic E-state index is -0.293. The van der Waals surface area contributed by atoms with Crippen LogP contribution in [0.3, 0.4) is 0 Å². The van der Waals surface area contributed by atoms with Gasteiger partial charge in [-0.15, -0.1) is 0 Å². The molecule has 1 saturated heterocycles. The zero-order valence-electron chi connectivity index (χ0n) is 11.3. The van der Waals surface area contributed by atoms with Crippen LogP contribution < -0.4 is 10.1 Å². The molecular formula is C15H23NO2. The smallest absolute Gasteiger partial charge is 0.122 e. The molecule has 3 heteroatoms. The molecule has 18 heavy (non-hydrogen) atoms. The van der Waals surface area contributed by atoms with Gasteiger partial charge >= 0.3 is 0 Å². The number of rotatable bonds is 5. The standard InChI is InChI=1S/C15H23NO2/c1-11-5-6-15(12(2)10-11)18-9-7-14(17)13-4-3-8-16-13/h5-6,10,13-14,16-17H,3-4,7-9H2,1-2H3. The summed E-state index contributed by atoms with van der Waals surface area (Å²) in [6.45, 7) is 5.73. The summed E-state index contributed by atoms with van der Waals surface area (Å²) < 4.78 is 5.73. The predicted octanol–water partition coefficient (Wildman–Crippen LogP) is 2.19. The van der Waals surface area contributed by atoms with E-state index >= 15 is 0 Å². The Morgan fingerprint density at radius 3 is 2.94 bits per heavy atom. The van der Waals surface area contributed by atoms with Crippen molar-refractivity contribution in [2.45, 2.75) is 45.3 Å². The van der Waals surface area contributed by atoms with Gasteiger partial charge in [0.2, 0.25) is 0 Å². The fourth-order valence-electron chi connectivity index (χ4n) is 2.49. The van der Waals surface area contributed by atoms with Crippen molar-refractivity contribution in [1.29, 1.82) is 0 Å². The van der Waals surface area contributed by atoms with Gasteiger partial charge in [-0.05, 0) is 44.9 Å². The average Bonchev–Trinajstić information content (AvgIpc) is 2.85. The van der Waals surface area contributed by atoms with E-state index in [0.29, 0.717) is 13.0 Å². The van der Waals surface area contributed by atoms with Crippen LogP contribution in [0.5, 0.6) is 5.75 Å². The van der Waals surface area contributed by atoms with E-state index in [2.05, 4.69) is 31.3 Å². The molecule has 0 aromatic heterocycles. The largest absolute Gasteiger partial charge is 0.493 e. The van der Waals surface area contributed by atoms with Gasteiger partial charge in [0.1, 0.15) is 5.75 Å². The Kier molecular flexibility index (Phi) is 4.61. The number of hydrogen-bond acceptors (Lipinski definition) is 3. The lowest BCUT2D eigenvalue weighted by molar-refractivity contribution is 0.107. The van der Waals surface area contributed by atoms with E-state index in [1.807, 2.05) is 6.07 Å². The minimum Gasteiger partial charge on any atom is -0.493 e. The average molecular weight is 249 g/mol. The Labute approximate surface area is 109 Å². The van der Waals surface area contributed by atoms with E-state index in [1.54, 1.807) is 0 Å². The van der Waals surface area contributed by atoms with Crippen LogP contribution in [0, 0.1) is 13.8 Å². The second-order valence-electron chi connectivity index (χ2n) is 5.18. The van der Waals surface area contributed by atoms with E-state index in [0.717, 1.165) is 24.3 Å². The normalized spacial score (nSPS) is 20.9. The predicted molar refractivity (Wildman–Crippen MR) is 73.1 cm³/mol. The molecule has 0 spiro atoms. The van der Waals surface area contributed by atoms with E-state index in [1.165, 1.54) is 12.0 Å². The first-order chi connectivity index (χ1) is 8.66. The van der Waals surface area contributed by atoms with Crippen molar-refractivity contribution < 1.29 is 9.84 Å². The summed E-state index contributed by atoms with van der Waals surface area (Å²) in [5.41, 5.74) is 2.40. The molecule has 2 rings (SSSR count). The maximum Gasteiger partial charge on any atom is 0.122 e. The Bertz CT molecular complexity index is 386. The highest BCUT2D eigenvalue weighted by molar-refractivity contribution is 5.35. The molecule has 3 nitrogen and oxygen atoms in total. The summed E-state index contributed by atoms with van der Waals surface area (Å²) in [5, 5.41) is 13.3. The van der Waals surface area contributed by atoms with Crippen molar-refractivity contribution in [2.75, 3.05) is 13.2 Å². The summed E-state index contributed by atoms with van der Waals surface area (Å²) in [6.07, 6.45) is 2.63. The van der Waals surface area contributed by atoms with Crippen molar-refractivity contribution in [1.82, 2.24) is 5.32 Å². The van der Waals surface area contributed by atoms with Gasteiger partial charge in [-0.3, -0.25) is 0 Å². The third kappa shape index (κ3) is 3.47. The molecule has 2 unspecified atom stereocenters. The van der Waals surface area contributed by atoms with Gasteiger partial charge in [0.05, 0.1) is 12.7 Å². The number of benzene rings is 1. The number of aryl methyl sites for hydroxylation is 2. The molecule has 0 bridgehead atoms. The molecule has 2 N–H and O–H groups in total. The zero-order chi connectivity index (χ0) is 13.0. The fourth-order valence-corrected chi connectivity index (χ4v) is 2.49. The molecule has 1 fully saturated rings. The summed E-state index contributed by atoms with van der Waals surface area (Å²) in [4.78, 5) is 0. The Morgan fingerprint density at radius 1 is 1.44 bits per heavy atom. The second kappa shape index (κ2) is 6.21. The highest BCUT2D eigenvalue weighted by Gasteiger charge is 2.22. The number of nitrogens with one attached hydrogen (secondary N) is 1. The summed E-state index contributed by atoms with van der Waals surface area (Å²) in [6, 6.07) is 6.43. The van der Waals surface area contributed by atoms with Crippen LogP contribution in [-0.4, -0.2) is 30.4 Å². The van der Waals surface area contributed by atoms with Gasteiger partial charge in [0, 0.05) is 12.5 Å². The van der Waals surface area contributed by atoms with Gasteiger partial charge < -0.3 is 15.2 Å². The van der Waals surface area contributed by atoms with Crippen molar-refractivity contribution >= 4 is 0 Å². The maximum absolute atomic E-state index is 10.00. The molecule has 1 aromatic rings. The monoisotopic (exact) mass is 249 g/mol. The third-order valence-corrected chi connectivity index (χ3v) is 3.56. The van der Waals surface area contributed by atoms with E-state index < -0.39 is 0 Å². The third-order valence-electron chi connectivity index (χ3n) is 3.56. The number of ether oxygens (including phenoxy) is 1. The SMILES string of the molecule is Cc1ccc(OCCC(O)C2CCCN2)c(C)c1. The maximum atomic E-state index is 10.00. The van der Waals surface area contributed by atoms with Crippen LogP contribution in [0.25, 0.3) is 0 Å². The van der Waals surface area contributed by atoms with Gasteiger partial charge in [0.25, 0.3) is 0 Å². The van der Waals surface area contributed by atoms with E-state index in [4.69, 9.17) is 4.74 Å². The van der Waals surface area contributed by atoms with Crippen LogP contribution in [0.1, 0.15) is 30.4 Å². The lowest BCUT2D eigenvalue weighted by Gasteiger charge is -2.18. The number of aliphatic hydroxyl groups is 1. The van der Waals surface area contributed by atoms with Crippen LogP contribution in [0.4, 0.5) is 0 Å². The van der Waals surface area contributed by atoms with Crippen LogP contribution in [0.15, 0.2) is 18.2 Å². The second-order valence-corrected chi connectivity index (χ2v) is 5.18. The zero-order valence-corrected chi connectivity index (χ0v) is 11.3. The van der Waals surface area contributed by atoms with Crippen molar-refractivity contribution in [3.63, 3.8) is 0 Å².